The van der Waals surface area contributed by atoms with E-state index in [0.29, 0.717) is 5.69 Å². The third-order valence-electron chi connectivity index (χ3n) is 3.64. The van der Waals surface area contributed by atoms with Crippen molar-refractivity contribution in [2.75, 3.05) is 25.1 Å². The maximum atomic E-state index is 11.6. The predicted octanol–water partition coefficient (Wildman–Crippen LogP) is 1.59. The normalized spacial score (nSPS) is 22.7. The van der Waals surface area contributed by atoms with E-state index >= 15 is 0 Å². The van der Waals surface area contributed by atoms with Crippen molar-refractivity contribution >= 4 is 11.7 Å². The number of ether oxygens (including phenoxy) is 1. The van der Waals surface area contributed by atoms with Gasteiger partial charge in [0.2, 0.25) is 0 Å². The molecule has 5 nitrogen and oxygen atoms in total. The van der Waals surface area contributed by atoms with Gasteiger partial charge in [-0.3, -0.25) is 4.79 Å². The molecule has 1 aliphatic rings. The summed E-state index contributed by atoms with van der Waals surface area (Å²) in [4.78, 5) is 17.9. The van der Waals surface area contributed by atoms with E-state index in [2.05, 4.69) is 16.8 Å². The summed E-state index contributed by atoms with van der Waals surface area (Å²) in [5.41, 5.74) is 1.41. The molecule has 1 aromatic heterocycles. The smallest absolute Gasteiger partial charge is 0.309 e. The summed E-state index contributed by atoms with van der Waals surface area (Å²) in [5, 5.41) is 8.73. The van der Waals surface area contributed by atoms with Crippen molar-refractivity contribution in [3.05, 3.63) is 24.0 Å². The minimum Gasteiger partial charge on any atom is -0.469 e. The van der Waals surface area contributed by atoms with Crippen LogP contribution in [0.15, 0.2) is 18.3 Å². The van der Waals surface area contributed by atoms with Gasteiger partial charge < -0.3 is 9.64 Å². The number of esters is 1. The number of nitriles is 1. The van der Waals surface area contributed by atoms with Gasteiger partial charge in [0, 0.05) is 13.1 Å². The zero-order valence-electron chi connectivity index (χ0n) is 11.2. The van der Waals surface area contributed by atoms with Crippen LogP contribution in [0.1, 0.15) is 19.0 Å². The van der Waals surface area contributed by atoms with Gasteiger partial charge in [0.15, 0.2) is 0 Å². The van der Waals surface area contributed by atoms with Gasteiger partial charge in [-0.1, -0.05) is 6.92 Å². The van der Waals surface area contributed by atoms with Crippen molar-refractivity contribution in [1.29, 1.82) is 5.26 Å². The Bertz CT molecular complexity index is 492. The largest absolute Gasteiger partial charge is 0.469 e. The van der Waals surface area contributed by atoms with Crippen molar-refractivity contribution in [2.45, 2.75) is 13.3 Å². The van der Waals surface area contributed by atoms with Crippen LogP contribution in [0.2, 0.25) is 0 Å². The molecule has 1 aliphatic heterocycles. The van der Waals surface area contributed by atoms with Crippen molar-refractivity contribution in [2.24, 2.45) is 11.8 Å². The number of carbonyl (C=O) groups is 1. The van der Waals surface area contributed by atoms with Crippen molar-refractivity contribution in [3.8, 4) is 6.07 Å². The van der Waals surface area contributed by atoms with Gasteiger partial charge in [-0.2, -0.15) is 5.26 Å². The molecule has 0 amide bonds. The molecule has 0 aliphatic carbocycles. The molecular weight excluding hydrogens is 242 g/mol. The summed E-state index contributed by atoms with van der Waals surface area (Å²) in [6, 6.07) is 5.62. The van der Waals surface area contributed by atoms with Gasteiger partial charge in [0.05, 0.1) is 24.9 Å². The molecule has 1 aromatic rings. The highest BCUT2D eigenvalue weighted by Gasteiger charge is 2.32. The van der Waals surface area contributed by atoms with Crippen LogP contribution in [-0.4, -0.2) is 31.2 Å². The second kappa shape index (κ2) is 5.70. The summed E-state index contributed by atoms with van der Waals surface area (Å²) >= 11 is 0. The molecule has 0 bridgehead atoms. The first-order chi connectivity index (χ1) is 9.15. The number of hydrogen-bond acceptors (Lipinski definition) is 5. The zero-order valence-corrected chi connectivity index (χ0v) is 11.2. The maximum absolute atomic E-state index is 11.6. The van der Waals surface area contributed by atoms with Gasteiger partial charge in [-0.15, -0.1) is 0 Å². The lowest BCUT2D eigenvalue weighted by Crippen LogP contribution is -2.42. The van der Waals surface area contributed by atoms with Gasteiger partial charge in [-0.05, 0) is 24.5 Å². The number of nitrogens with zero attached hydrogens (tertiary/aromatic N) is 3. The SMILES string of the molecule is COC(=O)[C@@H]1CCN(c2ccc(C#N)nc2)C[C@H]1C. The lowest BCUT2D eigenvalue weighted by Gasteiger charge is -2.36. The molecule has 2 rings (SSSR count). The van der Waals surface area contributed by atoms with E-state index in [0.717, 1.165) is 25.2 Å². The van der Waals surface area contributed by atoms with E-state index in [-0.39, 0.29) is 17.8 Å². The Morgan fingerprint density at radius 1 is 1.58 bits per heavy atom. The third-order valence-corrected chi connectivity index (χ3v) is 3.64. The molecule has 0 aromatic carbocycles. The number of pyridine rings is 1. The van der Waals surface area contributed by atoms with E-state index in [1.54, 1.807) is 12.3 Å². The molecule has 2 atom stereocenters. The van der Waals surface area contributed by atoms with Crippen LogP contribution in [0, 0.1) is 23.2 Å². The Kier molecular flexibility index (Phi) is 4.00. The Balaban J connectivity index is 2.05. The summed E-state index contributed by atoms with van der Waals surface area (Å²) < 4.78 is 4.83. The Morgan fingerprint density at radius 2 is 2.37 bits per heavy atom. The van der Waals surface area contributed by atoms with Gasteiger partial charge in [-0.25, -0.2) is 4.98 Å². The van der Waals surface area contributed by atoms with Gasteiger partial charge in [0.1, 0.15) is 11.8 Å². The second-order valence-electron chi connectivity index (χ2n) is 4.86. The fourth-order valence-corrected chi connectivity index (χ4v) is 2.52. The average molecular weight is 259 g/mol. The van der Waals surface area contributed by atoms with Crippen LogP contribution >= 0.6 is 0 Å². The number of carbonyl (C=O) groups excluding carboxylic acids is 1. The van der Waals surface area contributed by atoms with Crippen molar-refractivity contribution < 1.29 is 9.53 Å². The molecule has 0 spiro atoms. The monoisotopic (exact) mass is 259 g/mol. The molecule has 2 heterocycles. The maximum Gasteiger partial charge on any atom is 0.309 e. The zero-order chi connectivity index (χ0) is 13.8. The first kappa shape index (κ1) is 13.3. The number of methoxy groups -OCH3 is 1. The van der Waals surface area contributed by atoms with Gasteiger partial charge >= 0.3 is 5.97 Å². The minimum atomic E-state index is -0.120. The number of hydrogen-bond donors (Lipinski definition) is 0. The third kappa shape index (κ3) is 2.84. The van der Waals surface area contributed by atoms with Crippen LogP contribution in [-0.2, 0) is 9.53 Å². The Morgan fingerprint density at radius 3 is 2.89 bits per heavy atom. The minimum absolute atomic E-state index is 0.0207. The summed E-state index contributed by atoms with van der Waals surface area (Å²) in [7, 11) is 1.44. The van der Waals surface area contributed by atoms with Gasteiger partial charge in [0.25, 0.3) is 0 Å². The lowest BCUT2D eigenvalue weighted by molar-refractivity contribution is -0.147. The average Bonchev–Trinajstić information content (AvgIpc) is 2.46. The fraction of sp³-hybridized carbons (Fsp3) is 0.500. The van der Waals surface area contributed by atoms with Crippen molar-refractivity contribution in [1.82, 2.24) is 4.98 Å². The highest BCUT2D eigenvalue weighted by atomic mass is 16.5. The van der Waals surface area contributed by atoms with Crippen LogP contribution in [0.5, 0.6) is 0 Å². The number of aromatic nitrogens is 1. The van der Waals surface area contributed by atoms with Crippen LogP contribution < -0.4 is 4.90 Å². The molecule has 0 unspecified atom stereocenters. The van der Waals surface area contributed by atoms with Crippen LogP contribution in [0.25, 0.3) is 0 Å². The summed E-state index contributed by atoms with van der Waals surface area (Å²) in [6.45, 7) is 3.66. The molecule has 1 fully saturated rings. The van der Waals surface area contributed by atoms with E-state index in [1.165, 1.54) is 7.11 Å². The summed E-state index contributed by atoms with van der Waals surface area (Å²) in [5.74, 6) is 0.106. The lowest BCUT2D eigenvalue weighted by atomic mass is 9.87. The predicted molar refractivity (Wildman–Crippen MR) is 70.5 cm³/mol. The molecule has 0 radical (unpaired) electrons. The van der Waals surface area contributed by atoms with E-state index < -0.39 is 0 Å². The van der Waals surface area contributed by atoms with E-state index in [4.69, 9.17) is 10.00 Å². The highest BCUT2D eigenvalue weighted by Crippen LogP contribution is 2.27. The molecule has 100 valence electrons. The topological polar surface area (TPSA) is 66.2 Å². The second-order valence-corrected chi connectivity index (χ2v) is 4.86. The molecule has 5 heteroatoms. The molecule has 0 saturated carbocycles. The number of piperidine rings is 1. The molecule has 19 heavy (non-hydrogen) atoms. The van der Waals surface area contributed by atoms with E-state index in [9.17, 15) is 4.79 Å². The summed E-state index contributed by atoms with van der Waals surface area (Å²) in [6.07, 6.45) is 2.50. The van der Waals surface area contributed by atoms with Crippen LogP contribution in [0.3, 0.4) is 0 Å². The number of anilines is 1. The first-order valence-corrected chi connectivity index (χ1v) is 6.34. The molecule has 0 N–H and O–H groups in total. The van der Waals surface area contributed by atoms with Crippen LogP contribution in [0.4, 0.5) is 5.69 Å². The van der Waals surface area contributed by atoms with E-state index in [1.807, 2.05) is 12.1 Å². The quantitative estimate of drug-likeness (QED) is 0.754. The standard InChI is InChI=1S/C14H17N3O2/c1-10-9-17(6-5-13(10)14(18)19-2)12-4-3-11(7-15)16-8-12/h3-4,8,10,13H,5-6,9H2,1-2H3/t10-,13-/m1/s1. The molecular formula is C14H17N3O2. The highest BCUT2D eigenvalue weighted by molar-refractivity contribution is 5.73. The number of rotatable bonds is 2. The Hall–Kier alpha value is -2.09. The molecule has 1 saturated heterocycles. The Labute approximate surface area is 112 Å². The fourth-order valence-electron chi connectivity index (χ4n) is 2.52. The first-order valence-electron chi connectivity index (χ1n) is 6.34. The van der Waals surface area contributed by atoms with Crippen molar-refractivity contribution in [3.63, 3.8) is 0 Å².